The van der Waals surface area contributed by atoms with Gasteiger partial charge in [-0.3, -0.25) is 14.2 Å². The average molecular weight is 380 g/mol. The number of para-hydroxylation sites is 1. The Morgan fingerprint density at radius 3 is 2.68 bits per heavy atom. The Labute approximate surface area is 160 Å². The number of aryl methyl sites for hydroxylation is 1. The van der Waals surface area contributed by atoms with E-state index in [1.807, 2.05) is 19.1 Å². The van der Waals surface area contributed by atoms with E-state index in [1.165, 1.54) is 10.6 Å². The first-order valence-corrected chi connectivity index (χ1v) is 8.65. The second kappa shape index (κ2) is 7.19. The first-order chi connectivity index (χ1) is 13.6. The van der Waals surface area contributed by atoms with E-state index in [2.05, 4.69) is 5.32 Å². The zero-order chi connectivity index (χ0) is 19.7. The van der Waals surface area contributed by atoms with Crippen LogP contribution in [0.15, 0.2) is 59.5 Å². The van der Waals surface area contributed by atoms with Gasteiger partial charge in [0.2, 0.25) is 6.86 Å². The number of halogens is 1. The summed E-state index contributed by atoms with van der Waals surface area (Å²) in [6.45, 7) is 0.896. The third-order valence-electron chi connectivity index (χ3n) is 4.54. The van der Waals surface area contributed by atoms with Gasteiger partial charge in [0.1, 0.15) is 11.5 Å². The van der Waals surface area contributed by atoms with Crippen molar-refractivity contribution >= 4 is 11.6 Å². The largest absolute Gasteiger partial charge is 0.482 e. The monoisotopic (exact) mass is 380 g/mol. The van der Waals surface area contributed by atoms with Crippen molar-refractivity contribution in [2.75, 3.05) is 18.8 Å². The fourth-order valence-corrected chi connectivity index (χ4v) is 3.20. The first-order valence-electron chi connectivity index (χ1n) is 8.65. The maximum absolute atomic E-state index is 12.6. The summed E-state index contributed by atoms with van der Waals surface area (Å²) in [5.74, 6) is 0.736. The van der Waals surface area contributed by atoms with Gasteiger partial charge in [-0.25, -0.2) is 4.39 Å². The normalized spacial score (nSPS) is 12.7. The summed E-state index contributed by atoms with van der Waals surface area (Å²) in [6.07, 6.45) is 1.72. The molecule has 1 N–H and O–H groups in total. The molecule has 0 saturated carbocycles. The maximum Gasteiger partial charge on any atom is 0.262 e. The zero-order valence-electron chi connectivity index (χ0n) is 15.1. The number of amides is 1. The van der Waals surface area contributed by atoms with Crippen molar-refractivity contribution in [2.24, 2.45) is 0 Å². The van der Waals surface area contributed by atoms with Crippen LogP contribution in [0.1, 0.15) is 5.56 Å². The van der Waals surface area contributed by atoms with E-state index in [9.17, 15) is 14.0 Å². The summed E-state index contributed by atoms with van der Waals surface area (Å²) < 4.78 is 24.1. The molecule has 0 unspecified atom stereocenters. The SMILES string of the molecule is Cc1cc(=O)n(-c2ccc(OCF)cc2)cc1-c1cccc2c1NC(=O)CO2. The van der Waals surface area contributed by atoms with E-state index < -0.39 is 6.86 Å². The fraction of sp³-hybridized carbons (Fsp3) is 0.143. The molecule has 0 spiro atoms. The predicted octanol–water partition coefficient (Wildman–Crippen LogP) is 3.45. The van der Waals surface area contributed by atoms with Crippen molar-refractivity contribution in [1.29, 1.82) is 0 Å². The molecule has 7 heteroatoms. The van der Waals surface area contributed by atoms with E-state index in [1.54, 1.807) is 36.5 Å². The molecule has 1 amide bonds. The molecule has 6 nitrogen and oxygen atoms in total. The van der Waals surface area contributed by atoms with Gasteiger partial charge in [-0.05, 0) is 42.8 Å². The van der Waals surface area contributed by atoms with Gasteiger partial charge in [0.15, 0.2) is 6.61 Å². The molecule has 0 atom stereocenters. The molecule has 2 heterocycles. The molecule has 28 heavy (non-hydrogen) atoms. The summed E-state index contributed by atoms with van der Waals surface area (Å²) in [6, 6.07) is 13.6. The van der Waals surface area contributed by atoms with Gasteiger partial charge >= 0.3 is 0 Å². The fourth-order valence-electron chi connectivity index (χ4n) is 3.20. The van der Waals surface area contributed by atoms with E-state index in [0.29, 0.717) is 22.9 Å². The van der Waals surface area contributed by atoms with Gasteiger partial charge in [-0.15, -0.1) is 0 Å². The molecule has 142 valence electrons. The van der Waals surface area contributed by atoms with E-state index in [0.717, 1.165) is 16.7 Å². The number of ether oxygens (including phenoxy) is 2. The lowest BCUT2D eigenvalue weighted by Crippen LogP contribution is -2.26. The van der Waals surface area contributed by atoms with Crippen LogP contribution in [-0.4, -0.2) is 23.9 Å². The number of fused-ring (bicyclic) bond motifs is 1. The highest BCUT2D eigenvalue weighted by Gasteiger charge is 2.21. The summed E-state index contributed by atoms with van der Waals surface area (Å²) in [5.41, 5.74) is 3.30. The van der Waals surface area contributed by atoms with Crippen LogP contribution in [0.3, 0.4) is 0 Å². The van der Waals surface area contributed by atoms with Crippen LogP contribution in [0.2, 0.25) is 0 Å². The third-order valence-corrected chi connectivity index (χ3v) is 4.54. The van der Waals surface area contributed by atoms with Crippen LogP contribution in [0.5, 0.6) is 11.5 Å². The molecule has 1 aromatic heterocycles. The van der Waals surface area contributed by atoms with Crippen molar-refractivity contribution in [3.63, 3.8) is 0 Å². The molecule has 0 aliphatic carbocycles. The van der Waals surface area contributed by atoms with Gasteiger partial charge < -0.3 is 14.8 Å². The minimum atomic E-state index is -0.916. The smallest absolute Gasteiger partial charge is 0.262 e. The minimum Gasteiger partial charge on any atom is -0.482 e. The van der Waals surface area contributed by atoms with Gasteiger partial charge in [0.05, 0.1) is 5.69 Å². The Kier molecular flexibility index (Phi) is 4.57. The predicted molar refractivity (Wildman–Crippen MR) is 103 cm³/mol. The number of hydrogen-bond donors (Lipinski definition) is 1. The van der Waals surface area contributed by atoms with Gasteiger partial charge in [-0.1, -0.05) is 12.1 Å². The highest BCUT2D eigenvalue weighted by Crippen LogP contribution is 2.38. The Hall–Kier alpha value is -3.61. The number of benzene rings is 2. The molecule has 0 radical (unpaired) electrons. The van der Waals surface area contributed by atoms with Gasteiger partial charge in [0, 0.05) is 29.1 Å². The first kappa shape index (κ1) is 17.8. The highest BCUT2D eigenvalue weighted by atomic mass is 19.1. The summed E-state index contributed by atoms with van der Waals surface area (Å²) in [7, 11) is 0. The average Bonchev–Trinajstić information content (AvgIpc) is 2.69. The Bertz CT molecular complexity index is 1110. The summed E-state index contributed by atoms with van der Waals surface area (Å²) >= 11 is 0. The van der Waals surface area contributed by atoms with Gasteiger partial charge in [0.25, 0.3) is 11.5 Å². The number of carbonyl (C=O) groups excluding carboxylic acids is 1. The summed E-state index contributed by atoms with van der Waals surface area (Å²) in [4.78, 5) is 24.3. The van der Waals surface area contributed by atoms with E-state index in [4.69, 9.17) is 9.47 Å². The molecular weight excluding hydrogens is 363 g/mol. The lowest BCUT2D eigenvalue weighted by atomic mass is 9.99. The lowest BCUT2D eigenvalue weighted by Gasteiger charge is -2.22. The summed E-state index contributed by atoms with van der Waals surface area (Å²) in [5, 5.41) is 2.85. The number of anilines is 1. The molecule has 4 rings (SSSR count). The standard InChI is InChI=1S/C21H17FN2O4/c1-13-9-20(26)24(14-5-7-15(8-6-14)28-12-22)10-17(13)16-3-2-4-18-21(16)23-19(25)11-27-18/h2-10H,11-12H2,1H3,(H,23,25). The second-order valence-electron chi connectivity index (χ2n) is 6.34. The van der Waals surface area contributed by atoms with Crippen LogP contribution in [0, 0.1) is 6.92 Å². The quantitative estimate of drug-likeness (QED) is 0.753. The van der Waals surface area contributed by atoms with E-state index in [-0.39, 0.29) is 18.1 Å². The molecule has 0 bridgehead atoms. The molecule has 2 aromatic carbocycles. The number of rotatable bonds is 4. The lowest BCUT2D eigenvalue weighted by molar-refractivity contribution is -0.118. The Balaban J connectivity index is 1.83. The van der Waals surface area contributed by atoms with Gasteiger partial charge in [-0.2, -0.15) is 0 Å². The number of carbonyl (C=O) groups is 1. The third kappa shape index (κ3) is 3.22. The number of hydrogen-bond acceptors (Lipinski definition) is 4. The Morgan fingerprint density at radius 1 is 1.14 bits per heavy atom. The van der Waals surface area contributed by atoms with Crippen molar-refractivity contribution in [2.45, 2.75) is 6.92 Å². The van der Waals surface area contributed by atoms with Crippen LogP contribution in [0.25, 0.3) is 16.8 Å². The van der Waals surface area contributed by atoms with Crippen LogP contribution in [-0.2, 0) is 4.79 Å². The van der Waals surface area contributed by atoms with Crippen molar-refractivity contribution in [1.82, 2.24) is 4.57 Å². The molecule has 1 aliphatic heterocycles. The molecule has 0 fully saturated rings. The number of pyridine rings is 1. The second-order valence-corrected chi connectivity index (χ2v) is 6.34. The number of alkyl halides is 1. The molecule has 1 aliphatic rings. The van der Waals surface area contributed by atoms with Crippen LogP contribution >= 0.6 is 0 Å². The topological polar surface area (TPSA) is 69.6 Å². The van der Waals surface area contributed by atoms with Crippen molar-refractivity contribution in [3.05, 3.63) is 70.6 Å². The molecule has 0 saturated heterocycles. The van der Waals surface area contributed by atoms with Crippen LogP contribution < -0.4 is 20.3 Å². The van der Waals surface area contributed by atoms with Crippen LogP contribution in [0.4, 0.5) is 10.1 Å². The Morgan fingerprint density at radius 2 is 1.93 bits per heavy atom. The zero-order valence-corrected chi connectivity index (χ0v) is 15.1. The molecular formula is C21H17FN2O4. The maximum atomic E-state index is 12.6. The van der Waals surface area contributed by atoms with Crippen molar-refractivity contribution in [3.8, 4) is 28.3 Å². The number of nitrogens with zero attached hydrogens (tertiary/aromatic N) is 1. The number of aromatic nitrogens is 1. The minimum absolute atomic E-state index is 0.0256. The molecule has 3 aromatic rings. The van der Waals surface area contributed by atoms with E-state index >= 15 is 0 Å². The number of nitrogens with one attached hydrogen (secondary N) is 1. The highest BCUT2D eigenvalue weighted by molar-refractivity contribution is 6.00. The van der Waals surface area contributed by atoms with Crippen molar-refractivity contribution < 1.29 is 18.7 Å².